The van der Waals surface area contributed by atoms with Crippen LogP contribution in [0.4, 0.5) is 4.79 Å². The Labute approximate surface area is 155 Å². The topological polar surface area (TPSA) is 77.6 Å². The average molecular weight is 362 g/mol. The number of aromatic nitrogens is 3. The van der Waals surface area contributed by atoms with Crippen LogP contribution in [0.5, 0.6) is 11.5 Å². The summed E-state index contributed by atoms with van der Waals surface area (Å²) in [5.41, 5.74) is 3.79. The van der Waals surface area contributed by atoms with Gasteiger partial charge in [0.25, 0.3) is 0 Å². The molecular weight excluding hydrogens is 344 g/mol. The van der Waals surface area contributed by atoms with E-state index in [1.165, 1.54) is 0 Å². The molecule has 0 fully saturated rings. The summed E-state index contributed by atoms with van der Waals surface area (Å²) >= 11 is 0. The lowest BCUT2D eigenvalue weighted by Gasteiger charge is -2.09. The summed E-state index contributed by atoms with van der Waals surface area (Å²) in [6.45, 7) is 3.75. The van der Waals surface area contributed by atoms with Crippen molar-refractivity contribution in [1.29, 1.82) is 0 Å². The quantitative estimate of drug-likeness (QED) is 0.564. The first-order valence-electron chi connectivity index (χ1n) is 8.47. The van der Waals surface area contributed by atoms with Gasteiger partial charge in [0, 0.05) is 36.0 Å². The van der Waals surface area contributed by atoms with Crippen LogP contribution in [0.2, 0.25) is 0 Å². The van der Waals surface area contributed by atoms with Crippen LogP contribution in [-0.2, 0) is 0 Å². The van der Waals surface area contributed by atoms with Gasteiger partial charge in [0.15, 0.2) is 12.0 Å². The fraction of sp³-hybridized carbons (Fsp3) is 0.150. The minimum Gasteiger partial charge on any atom is -0.455 e. The van der Waals surface area contributed by atoms with Gasteiger partial charge in [-0.1, -0.05) is 0 Å². The first-order valence-corrected chi connectivity index (χ1v) is 8.47. The van der Waals surface area contributed by atoms with Crippen LogP contribution in [0, 0.1) is 13.8 Å². The maximum Gasteiger partial charge on any atom is 0.325 e. The molecule has 0 aliphatic rings. The second-order valence-corrected chi connectivity index (χ2v) is 6.31. The Morgan fingerprint density at radius 2 is 2.04 bits per heavy atom. The Bertz CT molecular complexity index is 1200. The van der Waals surface area contributed by atoms with E-state index in [0.29, 0.717) is 17.1 Å². The highest BCUT2D eigenvalue weighted by Crippen LogP contribution is 2.32. The molecule has 27 heavy (non-hydrogen) atoms. The molecule has 3 aromatic heterocycles. The number of ether oxygens (including phenoxy) is 1. The van der Waals surface area contributed by atoms with Crippen molar-refractivity contribution < 1.29 is 14.3 Å². The summed E-state index contributed by atoms with van der Waals surface area (Å²) in [5, 5.41) is 7.78. The van der Waals surface area contributed by atoms with Crippen molar-refractivity contribution in [3.63, 3.8) is 0 Å². The van der Waals surface area contributed by atoms with Crippen molar-refractivity contribution >= 4 is 28.7 Å². The molecule has 0 spiro atoms. The smallest absolute Gasteiger partial charge is 0.325 e. The van der Waals surface area contributed by atoms with Gasteiger partial charge in [-0.2, -0.15) is 5.10 Å². The third-order valence-corrected chi connectivity index (χ3v) is 4.66. The fourth-order valence-electron chi connectivity index (χ4n) is 3.35. The van der Waals surface area contributed by atoms with E-state index in [9.17, 15) is 9.59 Å². The Balaban J connectivity index is 1.78. The van der Waals surface area contributed by atoms with Crippen molar-refractivity contribution in [2.24, 2.45) is 0 Å². The highest BCUT2D eigenvalue weighted by Gasteiger charge is 2.15. The van der Waals surface area contributed by atoms with Gasteiger partial charge in [-0.3, -0.25) is 9.36 Å². The number of rotatable bonds is 3. The maximum atomic E-state index is 12.1. The molecule has 1 N–H and O–H groups in total. The first kappa shape index (κ1) is 16.8. The van der Waals surface area contributed by atoms with Crippen LogP contribution >= 0.6 is 0 Å². The van der Waals surface area contributed by atoms with Gasteiger partial charge in [0.1, 0.15) is 11.3 Å². The molecule has 0 aliphatic heterocycles. The number of nitrogens with one attached hydrogen (secondary N) is 1. The summed E-state index contributed by atoms with van der Waals surface area (Å²) in [6, 6.07) is 9.08. The Morgan fingerprint density at radius 1 is 1.22 bits per heavy atom. The zero-order valence-corrected chi connectivity index (χ0v) is 15.2. The third kappa shape index (κ3) is 2.64. The number of hydrogen-bond acceptors (Lipinski definition) is 4. The normalized spacial score (nSPS) is 11.1. The summed E-state index contributed by atoms with van der Waals surface area (Å²) in [5.74, 6) is 1.25. The minimum absolute atomic E-state index is 0.183. The number of amides is 1. The number of benzene rings is 1. The Morgan fingerprint density at radius 3 is 2.78 bits per heavy atom. The van der Waals surface area contributed by atoms with Crippen molar-refractivity contribution in [1.82, 2.24) is 19.5 Å². The highest BCUT2D eigenvalue weighted by molar-refractivity contribution is 5.93. The summed E-state index contributed by atoms with van der Waals surface area (Å²) in [7, 11) is 1.60. The maximum absolute atomic E-state index is 12.1. The lowest BCUT2D eigenvalue weighted by atomic mass is 10.2. The molecule has 1 amide bonds. The molecule has 0 bridgehead atoms. The van der Waals surface area contributed by atoms with Gasteiger partial charge in [0.2, 0.25) is 0 Å². The predicted molar refractivity (Wildman–Crippen MR) is 102 cm³/mol. The number of carbonyl (C=O) groups excluding carboxylic acids is 2. The molecule has 1 aromatic carbocycles. The van der Waals surface area contributed by atoms with E-state index in [-0.39, 0.29) is 6.03 Å². The van der Waals surface area contributed by atoms with E-state index in [0.717, 1.165) is 34.0 Å². The standard InChI is InChI=1S/C20H18N4O3/c1-12-8-14-9-16(4-5-17(14)24(12)20(26)21-3)27-18-6-7-22-23-10-15(11-25)13(2)19(18)23/h4-11H,1-3H3,(H,21,26). The number of carbonyl (C=O) groups is 2. The van der Waals surface area contributed by atoms with Crippen LogP contribution in [0.25, 0.3) is 16.4 Å². The molecule has 3 heterocycles. The second-order valence-electron chi connectivity index (χ2n) is 6.31. The highest BCUT2D eigenvalue weighted by atomic mass is 16.5. The zero-order chi connectivity index (χ0) is 19.1. The zero-order valence-electron chi connectivity index (χ0n) is 15.2. The summed E-state index contributed by atoms with van der Waals surface area (Å²) < 4.78 is 9.35. The Kier molecular flexibility index (Phi) is 3.92. The van der Waals surface area contributed by atoms with Gasteiger partial charge in [-0.25, -0.2) is 9.31 Å². The van der Waals surface area contributed by atoms with Crippen LogP contribution < -0.4 is 10.1 Å². The largest absolute Gasteiger partial charge is 0.455 e. The number of hydrogen-bond donors (Lipinski definition) is 1. The van der Waals surface area contributed by atoms with Gasteiger partial charge >= 0.3 is 6.03 Å². The van der Waals surface area contributed by atoms with E-state index in [4.69, 9.17) is 4.74 Å². The molecule has 7 nitrogen and oxygen atoms in total. The molecule has 0 atom stereocenters. The molecule has 4 aromatic rings. The van der Waals surface area contributed by atoms with E-state index in [1.54, 1.807) is 34.6 Å². The van der Waals surface area contributed by atoms with Gasteiger partial charge in [0.05, 0.1) is 11.7 Å². The molecule has 0 saturated heterocycles. The summed E-state index contributed by atoms with van der Waals surface area (Å²) in [4.78, 5) is 23.3. The van der Waals surface area contributed by atoms with Crippen molar-refractivity contribution in [3.05, 3.63) is 59.5 Å². The van der Waals surface area contributed by atoms with Crippen LogP contribution in [0.3, 0.4) is 0 Å². The van der Waals surface area contributed by atoms with Crippen LogP contribution in [0.1, 0.15) is 21.6 Å². The Hall–Kier alpha value is -3.61. The summed E-state index contributed by atoms with van der Waals surface area (Å²) in [6.07, 6.45) is 4.12. The predicted octanol–water partition coefficient (Wildman–Crippen LogP) is 3.70. The van der Waals surface area contributed by atoms with Crippen LogP contribution in [-0.4, -0.2) is 33.5 Å². The van der Waals surface area contributed by atoms with Crippen molar-refractivity contribution in [3.8, 4) is 11.5 Å². The average Bonchev–Trinajstić information content (AvgIpc) is 3.17. The van der Waals surface area contributed by atoms with Crippen molar-refractivity contribution in [2.75, 3.05) is 7.05 Å². The molecular formula is C20H18N4O3. The molecule has 0 saturated carbocycles. The molecule has 4 rings (SSSR count). The van der Waals surface area contributed by atoms with Crippen LogP contribution in [0.15, 0.2) is 42.7 Å². The number of aldehydes is 1. The first-order chi connectivity index (χ1) is 13.0. The van der Waals surface area contributed by atoms with E-state index in [1.807, 2.05) is 38.1 Å². The monoisotopic (exact) mass is 362 g/mol. The molecule has 0 radical (unpaired) electrons. The van der Waals surface area contributed by atoms with Gasteiger partial charge in [-0.15, -0.1) is 0 Å². The number of nitrogens with zero attached hydrogens (tertiary/aromatic N) is 3. The lowest BCUT2D eigenvalue weighted by molar-refractivity contribution is 0.112. The third-order valence-electron chi connectivity index (χ3n) is 4.66. The SMILES string of the molecule is CNC(=O)n1c(C)cc2cc(Oc3ccnn4cc(C=O)c(C)c34)ccc21. The molecule has 7 heteroatoms. The molecule has 0 unspecified atom stereocenters. The number of fused-ring (bicyclic) bond motifs is 2. The van der Waals surface area contributed by atoms with Gasteiger partial charge in [-0.05, 0) is 43.7 Å². The molecule has 0 aliphatic carbocycles. The van der Waals surface area contributed by atoms with Gasteiger partial charge < -0.3 is 10.1 Å². The molecule has 136 valence electrons. The van der Waals surface area contributed by atoms with E-state index in [2.05, 4.69) is 10.4 Å². The lowest BCUT2D eigenvalue weighted by Crippen LogP contribution is -2.25. The number of aryl methyl sites for hydroxylation is 2. The van der Waals surface area contributed by atoms with E-state index >= 15 is 0 Å². The second kappa shape index (κ2) is 6.28. The van der Waals surface area contributed by atoms with Crippen molar-refractivity contribution in [2.45, 2.75) is 13.8 Å². The fourth-order valence-corrected chi connectivity index (χ4v) is 3.35. The minimum atomic E-state index is -0.183. The van der Waals surface area contributed by atoms with E-state index < -0.39 is 0 Å².